The Balaban J connectivity index is 1.61. The van der Waals surface area contributed by atoms with Crippen LogP contribution in [0.1, 0.15) is 28.1 Å². The average molecular weight is 409 g/mol. The Kier molecular flexibility index (Phi) is 7.41. The molecule has 0 aliphatic carbocycles. The highest BCUT2D eigenvalue weighted by Gasteiger charge is 2.16. The number of rotatable bonds is 9. The van der Waals surface area contributed by atoms with Crippen LogP contribution in [0.25, 0.3) is 0 Å². The summed E-state index contributed by atoms with van der Waals surface area (Å²) >= 11 is 1.40. The minimum Gasteiger partial charge on any atom is -0.497 e. The molecule has 150 valence electrons. The van der Waals surface area contributed by atoms with Crippen molar-refractivity contribution in [1.29, 1.82) is 0 Å². The Labute approximate surface area is 174 Å². The first kappa shape index (κ1) is 20.6. The number of benzene rings is 2. The molecule has 29 heavy (non-hydrogen) atoms. The summed E-state index contributed by atoms with van der Waals surface area (Å²) in [6, 6.07) is 21.0. The summed E-state index contributed by atoms with van der Waals surface area (Å²) in [5, 5.41) is 4.74. The van der Waals surface area contributed by atoms with E-state index in [1.807, 2.05) is 66.0 Å². The average Bonchev–Trinajstić information content (AvgIpc) is 3.31. The maximum Gasteiger partial charge on any atom is 0.261 e. The number of hydrogen-bond donors (Lipinski definition) is 1. The van der Waals surface area contributed by atoms with Crippen molar-refractivity contribution in [2.75, 3.05) is 18.6 Å². The zero-order valence-electron chi connectivity index (χ0n) is 16.3. The number of anilines is 1. The number of amides is 2. The zero-order valence-corrected chi connectivity index (χ0v) is 17.2. The Morgan fingerprint density at radius 2 is 1.76 bits per heavy atom. The topological polar surface area (TPSA) is 58.6 Å². The third-order valence-electron chi connectivity index (χ3n) is 4.47. The van der Waals surface area contributed by atoms with E-state index in [2.05, 4.69) is 5.32 Å². The number of methoxy groups -OCH3 is 1. The van der Waals surface area contributed by atoms with Crippen molar-refractivity contribution in [2.45, 2.75) is 19.4 Å². The van der Waals surface area contributed by atoms with Crippen LogP contribution in [0.3, 0.4) is 0 Å². The molecule has 0 unspecified atom stereocenters. The highest BCUT2D eigenvalue weighted by atomic mass is 32.1. The second-order valence-corrected chi connectivity index (χ2v) is 7.45. The highest BCUT2D eigenvalue weighted by molar-refractivity contribution is 7.12. The van der Waals surface area contributed by atoms with Crippen molar-refractivity contribution in [3.05, 3.63) is 82.6 Å². The summed E-state index contributed by atoms with van der Waals surface area (Å²) < 4.78 is 5.22. The molecule has 0 saturated heterocycles. The minimum atomic E-state index is -0.0938. The van der Waals surface area contributed by atoms with Gasteiger partial charge in [-0.3, -0.25) is 9.59 Å². The van der Waals surface area contributed by atoms with Crippen molar-refractivity contribution in [1.82, 2.24) is 5.32 Å². The lowest BCUT2D eigenvalue weighted by Gasteiger charge is -2.23. The van der Waals surface area contributed by atoms with Gasteiger partial charge in [-0.05, 0) is 47.7 Å². The molecule has 0 atom stereocenters. The third-order valence-corrected chi connectivity index (χ3v) is 5.34. The molecule has 0 aliphatic heterocycles. The standard InChI is InChI=1S/C23H24N2O3S/c1-28-20-13-11-19(12-14-20)25(17-18-7-3-2-4-8-18)22(26)10-5-15-24-23(27)21-9-6-16-29-21/h2-4,6-9,11-14,16H,5,10,15,17H2,1H3,(H,24,27). The van der Waals surface area contributed by atoms with Gasteiger partial charge in [-0.2, -0.15) is 0 Å². The second kappa shape index (κ2) is 10.4. The predicted molar refractivity (Wildman–Crippen MR) is 117 cm³/mol. The van der Waals surface area contributed by atoms with Crippen LogP contribution in [-0.2, 0) is 11.3 Å². The van der Waals surface area contributed by atoms with Crippen LogP contribution in [-0.4, -0.2) is 25.5 Å². The molecular formula is C23H24N2O3S. The quantitative estimate of drug-likeness (QED) is 0.531. The lowest BCUT2D eigenvalue weighted by Crippen LogP contribution is -2.31. The predicted octanol–water partition coefficient (Wildman–Crippen LogP) is 4.50. The van der Waals surface area contributed by atoms with Crippen LogP contribution < -0.4 is 15.0 Å². The Morgan fingerprint density at radius 3 is 2.41 bits per heavy atom. The normalized spacial score (nSPS) is 10.4. The molecule has 0 spiro atoms. The van der Waals surface area contributed by atoms with Crippen LogP contribution in [0.5, 0.6) is 5.75 Å². The molecule has 2 aromatic carbocycles. The molecule has 1 heterocycles. The van der Waals surface area contributed by atoms with Crippen LogP contribution in [0.4, 0.5) is 5.69 Å². The molecule has 3 aromatic rings. The molecule has 2 amide bonds. The Hall–Kier alpha value is -3.12. The molecule has 0 fully saturated rings. The first-order valence-electron chi connectivity index (χ1n) is 9.47. The van der Waals surface area contributed by atoms with Crippen LogP contribution in [0.15, 0.2) is 72.1 Å². The van der Waals surface area contributed by atoms with E-state index < -0.39 is 0 Å². The first-order chi connectivity index (χ1) is 14.2. The molecule has 0 radical (unpaired) electrons. The van der Waals surface area contributed by atoms with Gasteiger partial charge >= 0.3 is 0 Å². The molecule has 0 aliphatic rings. The number of carbonyl (C=O) groups excluding carboxylic acids is 2. The zero-order chi connectivity index (χ0) is 20.5. The molecule has 0 saturated carbocycles. The number of nitrogens with zero attached hydrogens (tertiary/aromatic N) is 1. The van der Waals surface area contributed by atoms with Crippen LogP contribution >= 0.6 is 11.3 Å². The third kappa shape index (κ3) is 5.93. The SMILES string of the molecule is COc1ccc(N(Cc2ccccc2)C(=O)CCCNC(=O)c2cccs2)cc1. The van der Waals surface area contributed by atoms with Gasteiger partial charge in [-0.15, -0.1) is 11.3 Å². The van der Waals surface area contributed by atoms with Gasteiger partial charge in [-0.1, -0.05) is 36.4 Å². The van der Waals surface area contributed by atoms with Gasteiger partial charge < -0.3 is 15.0 Å². The van der Waals surface area contributed by atoms with E-state index in [9.17, 15) is 9.59 Å². The van der Waals surface area contributed by atoms with Gasteiger partial charge in [0.05, 0.1) is 18.5 Å². The Bertz CT molecular complexity index is 909. The lowest BCUT2D eigenvalue weighted by molar-refractivity contribution is -0.118. The molecule has 0 bridgehead atoms. The van der Waals surface area contributed by atoms with Gasteiger partial charge in [0.25, 0.3) is 5.91 Å². The fourth-order valence-electron chi connectivity index (χ4n) is 2.92. The first-order valence-corrected chi connectivity index (χ1v) is 10.4. The van der Waals surface area contributed by atoms with E-state index in [0.717, 1.165) is 17.0 Å². The molecule has 1 N–H and O–H groups in total. The molecule has 3 rings (SSSR count). The molecular weight excluding hydrogens is 384 g/mol. The van der Waals surface area contributed by atoms with Gasteiger partial charge in [0.1, 0.15) is 5.75 Å². The van der Waals surface area contributed by atoms with Gasteiger partial charge in [0.15, 0.2) is 0 Å². The van der Waals surface area contributed by atoms with Gasteiger partial charge in [0, 0.05) is 18.7 Å². The highest BCUT2D eigenvalue weighted by Crippen LogP contribution is 2.22. The largest absolute Gasteiger partial charge is 0.497 e. The summed E-state index contributed by atoms with van der Waals surface area (Å²) in [5.74, 6) is 0.672. The van der Waals surface area contributed by atoms with E-state index >= 15 is 0 Å². The number of nitrogens with one attached hydrogen (secondary N) is 1. The fraction of sp³-hybridized carbons (Fsp3) is 0.217. The maximum atomic E-state index is 13.0. The summed E-state index contributed by atoms with van der Waals surface area (Å²) in [6.45, 7) is 0.956. The second-order valence-electron chi connectivity index (χ2n) is 6.50. The van der Waals surface area contributed by atoms with E-state index in [0.29, 0.717) is 30.8 Å². The van der Waals surface area contributed by atoms with Crippen molar-refractivity contribution in [3.63, 3.8) is 0 Å². The van der Waals surface area contributed by atoms with E-state index in [-0.39, 0.29) is 11.8 Å². The van der Waals surface area contributed by atoms with Crippen molar-refractivity contribution < 1.29 is 14.3 Å². The number of ether oxygens (including phenoxy) is 1. The van der Waals surface area contributed by atoms with E-state index in [1.54, 1.807) is 18.1 Å². The minimum absolute atomic E-state index is 0.0180. The number of thiophene rings is 1. The number of carbonyl (C=O) groups is 2. The lowest BCUT2D eigenvalue weighted by atomic mass is 10.1. The summed E-state index contributed by atoms with van der Waals surface area (Å²) in [4.78, 5) is 27.4. The van der Waals surface area contributed by atoms with Gasteiger partial charge in [-0.25, -0.2) is 0 Å². The smallest absolute Gasteiger partial charge is 0.261 e. The van der Waals surface area contributed by atoms with Crippen molar-refractivity contribution in [2.24, 2.45) is 0 Å². The van der Waals surface area contributed by atoms with Crippen LogP contribution in [0.2, 0.25) is 0 Å². The molecule has 6 heteroatoms. The molecule has 1 aromatic heterocycles. The van der Waals surface area contributed by atoms with E-state index in [1.165, 1.54) is 11.3 Å². The monoisotopic (exact) mass is 408 g/mol. The number of hydrogen-bond acceptors (Lipinski definition) is 4. The maximum absolute atomic E-state index is 13.0. The van der Waals surface area contributed by atoms with E-state index in [4.69, 9.17) is 4.74 Å². The van der Waals surface area contributed by atoms with Crippen molar-refractivity contribution >= 4 is 28.8 Å². The summed E-state index contributed by atoms with van der Waals surface area (Å²) in [5.41, 5.74) is 1.88. The van der Waals surface area contributed by atoms with Gasteiger partial charge in [0.2, 0.25) is 5.91 Å². The van der Waals surface area contributed by atoms with Crippen molar-refractivity contribution in [3.8, 4) is 5.75 Å². The van der Waals surface area contributed by atoms with Crippen LogP contribution in [0, 0.1) is 0 Å². The summed E-state index contributed by atoms with van der Waals surface area (Å²) in [7, 11) is 1.62. The summed E-state index contributed by atoms with van der Waals surface area (Å²) in [6.07, 6.45) is 0.932. The molecule has 5 nitrogen and oxygen atoms in total. The fourth-order valence-corrected chi connectivity index (χ4v) is 3.56. The Morgan fingerprint density at radius 1 is 1.00 bits per heavy atom.